The van der Waals surface area contributed by atoms with Crippen LogP contribution in [-0.2, 0) is 11.8 Å². The Bertz CT molecular complexity index is 306. The molecule has 0 aromatic carbocycles. The van der Waals surface area contributed by atoms with Gasteiger partial charge in [0, 0.05) is 7.05 Å². The molecule has 4 heteroatoms. The Kier molecular flexibility index (Phi) is 2.52. The normalized spacial score (nSPS) is 13.0. The molecule has 0 amide bonds. The first-order chi connectivity index (χ1) is 5.57. The summed E-state index contributed by atoms with van der Waals surface area (Å²) in [5.41, 5.74) is 1.55. The molecule has 1 rings (SSSR count). The first-order valence-electron chi connectivity index (χ1n) is 3.72. The van der Waals surface area contributed by atoms with Crippen LogP contribution in [0.25, 0.3) is 0 Å². The second-order valence-electron chi connectivity index (χ2n) is 2.83. The smallest absolute Gasteiger partial charge is 0.128 e. The molecule has 0 saturated carbocycles. The van der Waals surface area contributed by atoms with Gasteiger partial charge in [-0.05, 0) is 6.92 Å². The predicted octanol–water partition coefficient (Wildman–Crippen LogP) is 1.68. The largest absolute Gasteiger partial charge is 0.303 e. The van der Waals surface area contributed by atoms with E-state index in [1.807, 2.05) is 6.92 Å². The second kappa shape index (κ2) is 3.27. The van der Waals surface area contributed by atoms with Crippen molar-refractivity contribution in [2.45, 2.75) is 19.8 Å². The number of aldehydes is 1. The zero-order chi connectivity index (χ0) is 9.30. The highest BCUT2D eigenvalue weighted by Gasteiger charge is 2.16. The summed E-state index contributed by atoms with van der Waals surface area (Å²) in [6.45, 7) is 3.62. The Morgan fingerprint density at radius 1 is 1.67 bits per heavy atom. The topological polar surface area (TPSA) is 34.9 Å². The van der Waals surface area contributed by atoms with Gasteiger partial charge in [0.2, 0.25) is 0 Å². The average molecular weight is 187 g/mol. The number of carbonyl (C=O) groups excluding carboxylic acids is 1. The summed E-state index contributed by atoms with van der Waals surface area (Å²) in [4.78, 5) is 10.5. The first kappa shape index (κ1) is 9.26. The summed E-state index contributed by atoms with van der Waals surface area (Å²) >= 11 is 5.95. The summed E-state index contributed by atoms with van der Waals surface area (Å²) < 4.78 is 1.65. The fraction of sp³-hybridized carbons (Fsp3) is 0.500. The molecule has 0 radical (unpaired) electrons. The van der Waals surface area contributed by atoms with Gasteiger partial charge < -0.3 is 4.79 Å². The van der Waals surface area contributed by atoms with E-state index in [4.69, 9.17) is 11.6 Å². The minimum Gasteiger partial charge on any atom is -0.303 e. The number of rotatable bonds is 2. The van der Waals surface area contributed by atoms with Gasteiger partial charge in [0.25, 0.3) is 0 Å². The molecule has 0 aliphatic rings. The van der Waals surface area contributed by atoms with Crippen LogP contribution >= 0.6 is 11.6 Å². The molecular weight excluding hydrogens is 176 g/mol. The molecule has 3 nitrogen and oxygen atoms in total. The molecule has 0 saturated heterocycles. The summed E-state index contributed by atoms with van der Waals surface area (Å²) in [7, 11) is 1.79. The van der Waals surface area contributed by atoms with Gasteiger partial charge in [-0.2, -0.15) is 5.10 Å². The summed E-state index contributed by atoms with van der Waals surface area (Å²) in [6, 6.07) is 0. The molecule has 0 aliphatic heterocycles. The molecule has 1 aromatic heterocycles. The monoisotopic (exact) mass is 186 g/mol. The molecule has 0 aliphatic carbocycles. The summed E-state index contributed by atoms with van der Waals surface area (Å²) in [5, 5.41) is 4.70. The van der Waals surface area contributed by atoms with Gasteiger partial charge in [-0.3, -0.25) is 4.68 Å². The van der Waals surface area contributed by atoms with E-state index in [-0.39, 0.29) is 5.92 Å². The Labute approximate surface area is 76.3 Å². The van der Waals surface area contributed by atoms with Gasteiger partial charge in [-0.25, -0.2) is 0 Å². The lowest BCUT2D eigenvalue weighted by atomic mass is 10.1. The fourth-order valence-electron chi connectivity index (χ4n) is 1.21. The summed E-state index contributed by atoms with van der Waals surface area (Å²) in [5.74, 6) is -0.191. The lowest BCUT2D eigenvalue weighted by Gasteiger charge is -2.03. The molecule has 1 unspecified atom stereocenters. The first-order valence-corrected chi connectivity index (χ1v) is 4.10. The number of hydrogen-bond donors (Lipinski definition) is 0. The molecular formula is C8H11ClN2O. The maximum atomic E-state index is 10.5. The molecule has 1 aromatic rings. The van der Waals surface area contributed by atoms with Crippen LogP contribution in [0.3, 0.4) is 0 Å². The number of aryl methyl sites for hydroxylation is 2. The fourth-order valence-corrected chi connectivity index (χ4v) is 1.54. The third-order valence-electron chi connectivity index (χ3n) is 1.83. The van der Waals surface area contributed by atoms with E-state index in [0.717, 1.165) is 17.7 Å². The standard InChI is InChI=1S/C8H11ClN2O/c1-5(4-12)8-7(9)6(2)10-11(8)3/h4-5H,1-3H3. The number of nitrogens with zero attached hydrogens (tertiary/aromatic N) is 2. The minimum atomic E-state index is -0.191. The van der Waals surface area contributed by atoms with Crippen molar-refractivity contribution >= 4 is 17.9 Å². The predicted molar refractivity (Wildman–Crippen MR) is 47.4 cm³/mol. The Hall–Kier alpha value is -0.830. The van der Waals surface area contributed by atoms with Crippen LogP contribution in [0.2, 0.25) is 5.02 Å². The van der Waals surface area contributed by atoms with E-state index in [9.17, 15) is 4.79 Å². The molecule has 12 heavy (non-hydrogen) atoms. The van der Waals surface area contributed by atoms with Gasteiger partial charge in [-0.1, -0.05) is 18.5 Å². The second-order valence-corrected chi connectivity index (χ2v) is 3.21. The van der Waals surface area contributed by atoms with Crippen molar-refractivity contribution in [1.82, 2.24) is 9.78 Å². The molecule has 1 atom stereocenters. The number of halogens is 1. The van der Waals surface area contributed by atoms with E-state index >= 15 is 0 Å². The quantitative estimate of drug-likeness (QED) is 0.659. The number of aromatic nitrogens is 2. The van der Waals surface area contributed by atoms with Crippen molar-refractivity contribution in [3.05, 3.63) is 16.4 Å². The van der Waals surface area contributed by atoms with Gasteiger partial charge in [0.15, 0.2) is 0 Å². The van der Waals surface area contributed by atoms with Crippen LogP contribution in [-0.4, -0.2) is 16.1 Å². The maximum Gasteiger partial charge on any atom is 0.128 e. The minimum absolute atomic E-state index is 0.191. The highest BCUT2D eigenvalue weighted by molar-refractivity contribution is 6.32. The van der Waals surface area contributed by atoms with Crippen LogP contribution in [0, 0.1) is 6.92 Å². The molecule has 0 bridgehead atoms. The third-order valence-corrected chi connectivity index (χ3v) is 2.29. The van der Waals surface area contributed by atoms with Crippen LogP contribution < -0.4 is 0 Å². The van der Waals surface area contributed by atoms with Crippen molar-refractivity contribution in [2.24, 2.45) is 7.05 Å². The van der Waals surface area contributed by atoms with E-state index in [1.54, 1.807) is 18.7 Å². The SMILES string of the molecule is Cc1nn(C)c(C(C)C=O)c1Cl. The van der Waals surface area contributed by atoms with Crippen LogP contribution in [0.5, 0.6) is 0 Å². The van der Waals surface area contributed by atoms with E-state index in [2.05, 4.69) is 5.10 Å². The highest BCUT2D eigenvalue weighted by atomic mass is 35.5. The van der Waals surface area contributed by atoms with Crippen LogP contribution in [0.4, 0.5) is 0 Å². The molecule has 0 N–H and O–H groups in total. The molecule has 1 heterocycles. The van der Waals surface area contributed by atoms with Gasteiger partial charge in [-0.15, -0.1) is 0 Å². The van der Waals surface area contributed by atoms with Gasteiger partial charge in [0.05, 0.1) is 22.3 Å². The maximum absolute atomic E-state index is 10.5. The van der Waals surface area contributed by atoms with Gasteiger partial charge >= 0.3 is 0 Å². The van der Waals surface area contributed by atoms with Gasteiger partial charge in [0.1, 0.15) is 6.29 Å². The van der Waals surface area contributed by atoms with Crippen LogP contribution in [0.1, 0.15) is 24.2 Å². The van der Waals surface area contributed by atoms with E-state index in [0.29, 0.717) is 5.02 Å². The molecule has 66 valence electrons. The lowest BCUT2D eigenvalue weighted by Crippen LogP contribution is -2.03. The lowest BCUT2D eigenvalue weighted by molar-refractivity contribution is -0.108. The Balaban J connectivity index is 3.21. The average Bonchev–Trinajstić information content (AvgIpc) is 2.26. The Morgan fingerprint density at radius 3 is 2.58 bits per heavy atom. The number of carbonyl (C=O) groups is 1. The highest BCUT2D eigenvalue weighted by Crippen LogP contribution is 2.25. The van der Waals surface area contributed by atoms with E-state index in [1.165, 1.54) is 0 Å². The van der Waals surface area contributed by atoms with E-state index < -0.39 is 0 Å². The van der Waals surface area contributed by atoms with Crippen molar-refractivity contribution in [1.29, 1.82) is 0 Å². The van der Waals surface area contributed by atoms with Crippen molar-refractivity contribution in [2.75, 3.05) is 0 Å². The third kappa shape index (κ3) is 1.37. The van der Waals surface area contributed by atoms with Crippen molar-refractivity contribution < 1.29 is 4.79 Å². The Morgan fingerprint density at radius 2 is 2.25 bits per heavy atom. The van der Waals surface area contributed by atoms with Crippen molar-refractivity contribution in [3.8, 4) is 0 Å². The zero-order valence-corrected chi connectivity index (χ0v) is 8.09. The zero-order valence-electron chi connectivity index (χ0n) is 7.34. The van der Waals surface area contributed by atoms with Crippen molar-refractivity contribution in [3.63, 3.8) is 0 Å². The van der Waals surface area contributed by atoms with Crippen LogP contribution in [0.15, 0.2) is 0 Å². The summed E-state index contributed by atoms with van der Waals surface area (Å²) in [6.07, 6.45) is 0.863. The molecule has 0 spiro atoms. The number of hydrogen-bond acceptors (Lipinski definition) is 2. The molecule has 0 fully saturated rings.